The third-order valence-electron chi connectivity index (χ3n) is 4.21. The summed E-state index contributed by atoms with van der Waals surface area (Å²) < 4.78 is 32.5. The zero-order valence-electron chi connectivity index (χ0n) is 16.7. The molecule has 1 heterocycles. The molecule has 31 heavy (non-hydrogen) atoms. The summed E-state index contributed by atoms with van der Waals surface area (Å²) in [5, 5.41) is 5.45. The number of nitrogens with one attached hydrogen (secondary N) is 2. The van der Waals surface area contributed by atoms with Gasteiger partial charge < -0.3 is 9.73 Å². The highest BCUT2D eigenvalue weighted by Crippen LogP contribution is 2.24. The second-order valence-electron chi connectivity index (χ2n) is 6.32. The van der Waals surface area contributed by atoms with E-state index < -0.39 is 15.9 Å². The van der Waals surface area contributed by atoms with Gasteiger partial charge in [-0.05, 0) is 73.7 Å². The SMILES string of the molecule is CCN(c1ccccc1)S(=O)(=O)c1ccc(NC(=S)NC(=O)C=Cc2ccco2)cc1. The highest BCUT2D eigenvalue weighted by Gasteiger charge is 2.23. The lowest BCUT2D eigenvalue weighted by molar-refractivity contribution is -0.115. The fourth-order valence-corrected chi connectivity index (χ4v) is 4.47. The molecule has 9 heteroatoms. The van der Waals surface area contributed by atoms with Crippen molar-refractivity contribution in [3.8, 4) is 0 Å². The largest absolute Gasteiger partial charge is 0.465 e. The summed E-state index contributed by atoms with van der Waals surface area (Å²) in [6, 6.07) is 18.5. The number of thiocarbonyl (C=S) groups is 1. The van der Waals surface area contributed by atoms with E-state index in [-0.39, 0.29) is 10.0 Å². The Kier molecular flexibility index (Phi) is 7.22. The highest BCUT2D eigenvalue weighted by atomic mass is 32.2. The van der Waals surface area contributed by atoms with E-state index in [1.165, 1.54) is 34.9 Å². The number of benzene rings is 2. The topological polar surface area (TPSA) is 91.7 Å². The second kappa shape index (κ2) is 10.1. The molecule has 3 rings (SSSR count). The van der Waals surface area contributed by atoms with Crippen molar-refractivity contribution in [3.05, 3.63) is 84.8 Å². The first-order valence-corrected chi connectivity index (χ1v) is 11.3. The molecule has 3 aromatic rings. The van der Waals surface area contributed by atoms with Crippen LogP contribution in [0.15, 0.2) is 88.4 Å². The van der Waals surface area contributed by atoms with Crippen LogP contribution in [0.4, 0.5) is 11.4 Å². The molecule has 160 valence electrons. The van der Waals surface area contributed by atoms with Crippen LogP contribution >= 0.6 is 12.2 Å². The predicted octanol–water partition coefficient (Wildman–Crippen LogP) is 4.02. The zero-order valence-corrected chi connectivity index (χ0v) is 18.3. The number of para-hydroxylation sites is 1. The van der Waals surface area contributed by atoms with Gasteiger partial charge in [0.1, 0.15) is 5.76 Å². The summed E-state index contributed by atoms with van der Waals surface area (Å²) in [4.78, 5) is 12.1. The van der Waals surface area contributed by atoms with E-state index in [2.05, 4.69) is 10.6 Å². The Labute approximate surface area is 186 Å². The molecular formula is C22H21N3O4S2. The maximum absolute atomic E-state index is 13.0. The number of amides is 1. The first kappa shape index (κ1) is 22.3. The van der Waals surface area contributed by atoms with Crippen molar-refractivity contribution in [1.82, 2.24) is 5.32 Å². The Morgan fingerprint density at radius 3 is 2.39 bits per heavy atom. The molecule has 0 unspecified atom stereocenters. The standard InChI is InChI=1S/C22H21N3O4S2/c1-2-25(18-7-4-3-5-8-18)31(27,28)20-13-10-17(11-14-20)23-22(30)24-21(26)15-12-19-9-6-16-29-19/h3-16H,2H2,1H3,(H2,23,24,26,30). The van der Waals surface area contributed by atoms with E-state index in [0.29, 0.717) is 23.7 Å². The molecule has 0 aliphatic carbocycles. The molecule has 7 nitrogen and oxygen atoms in total. The number of carbonyl (C=O) groups is 1. The van der Waals surface area contributed by atoms with Crippen LogP contribution in [0.2, 0.25) is 0 Å². The van der Waals surface area contributed by atoms with Gasteiger partial charge in [0.05, 0.1) is 16.8 Å². The predicted molar refractivity (Wildman–Crippen MR) is 125 cm³/mol. The number of carbonyl (C=O) groups excluding carboxylic acids is 1. The van der Waals surface area contributed by atoms with E-state index >= 15 is 0 Å². The molecule has 0 bridgehead atoms. The normalized spacial score (nSPS) is 11.3. The number of sulfonamides is 1. The third kappa shape index (κ3) is 5.80. The third-order valence-corrected chi connectivity index (χ3v) is 6.33. The summed E-state index contributed by atoms with van der Waals surface area (Å²) in [6.07, 6.45) is 4.32. The molecule has 0 spiro atoms. The highest BCUT2D eigenvalue weighted by molar-refractivity contribution is 7.92. The average Bonchev–Trinajstić information content (AvgIpc) is 3.27. The van der Waals surface area contributed by atoms with Gasteiger partial charge in [0, 0.05) is 18.3 Å². The summed E-state index contributed by atoms with van der Waals surface area (Å²) >= 11 is 5.13. The van der Waals surface area contributed by atoms with Crippen LogP contribution in [-0.4, -0.2) is 26.0 Å². The smallest absolute Gasteiger partial charge is 0.264 e. The first-order chi connectivity index (χ1) is 14.9. The summed E-state index contributed by atoms with van der Waals surface area (Å²) in [5.41, 5.74) is 1.14. The van der Waals surface area contributed by atoms with Crippen molar-refractivity contribution in [2.24, 2.45) is 0 Å². The average molecular weight is 456 g/mol. The van der Waals surface area contributed by atoms with Gasteiger partial charge in [0.2, 0.25) is 5.91 Å². The van der Waals surface area contributed by atoms with Gasteiger partial charge in [0.15, 0.2) is 5.11 Å². The Morgan fingerprint density at radius 2 is 1.77 bits per heavy atom. The molecule has 2 aromatic carbocycles. The molecule has 0 atom stereocenters. The van der Waals surface area contributed by atoms with Crippen LogP contribution in [0, 0.1) is 0 Å². The van der Waals surface area contributed by atoms with E-state index in [9.17, 15) is 13.2 Å². The minimum atomic E-state index is -3.71. The number of hydrogen-bond acceptors (Lipinski definition) is 5. The van der Waals surface area contributed by atoms with Crippen molar-refractivity contribution in [3.63, 3.8) is 0 Å². The Bertz CT molecular complexity index is 1160. The summed E-state index contributed by atoms with van der Waals surface area (Å²) in [7, 11) is -3.71. The molecule has 0 saturated heterocycles. The first-order valence-electron chi connectivity index (χ1n) is 9.41. The minimum absolute atomic E-state index is 0.0872. The van der Waals surface area contributed by atoms with Crippen LogP contribution in [0.25, 0.3) is 6.08 Å². The molecule has 0 saturated carbocycles. The van der Waals surface area contributed by atoms with Crippen molar-refractivity contribution >= 4 is 50.7 Å². The van der Waals surface area contributed by atoms with Gasteiger partial charge in [-0.2, -0.15) is 0 Å². The van der Waals surface area contributed by atoms with Crippen LogP contribution < -0.4 is 14.9 Å². The Morgan fingerprint density at radius 1 is 1.06 bits per heavy atom. The lowest BCUT2D eigenvalue weighted by Crippen LogP contribution is -2.33. The van der Waals surface area contributed by atoms with Crippen LogP contribution in [0.5, 0.6) is 0 Å². The molecule has 0 aliphatic rings. The van der Waals surface area contributed by atoms with Crippen molar-refractivity contribution in [1.29, 1.82) is 0 Å². The Balaban J connectivity index is 1.64. The van der Waals surface area contributed by atoms with Gasteiger partial charge >= 0.3 is 0 Å². The van der Waals surface area contributed by atoms with Crippen LogP contribution in [0.1, 0.15) is 12.7 Å². The molecular weight excluding hydrogens is 434 g/mol. The molecule has 1 aromatic heterocycles. The summed E-state index contributed by atoms with van der Waals surface area (Å²) in [5.74, 6) is 0.122. The van der Waals surface area contributed by atoms with Gasteiger partial charge in [-0.15, -0.1) is 0 Å². The van der Waals surface area contributed by atoms with E-state index in [1.54, 1.807) is 55.5 Å². The minimum Gasteiger partial charge on any atom is -0.465 e. The van der Waals surface area contributed by atoms with Crippen LogP contribution in [0.3, 0.4) is 0 Å². The number of rotatable bonds is 7. The molecule has 0 aliphatic heterocycles. The fraction of sp³-hybridized carbons (Fsp3) is 0.0909. The lowest BCUT2D eigenvalue weighted by atomic mass is 10.3. The molecule has 1 amide bonds. The van der Waals surface area contributed by atoms with Gasteiger partial charge in [-0.1, -0.05) is 18.2 Å². The van der Waals surface area contributed by atoms with E-state index in [1.807, 2.05) is 6.07 Å². The maximum Gasteiger partial charge on any atom is 0.264 e. The van der Waals surface area contributed by atoms with E-state index in [4.69, 9.17) is 16.6 Å². The van der Waals surface area contributed by atoms with Crippen LogP contribution in [-0.2, 0) is 14.8 Å². The number of anilines is 2. The Hall–Kier alpha value is -3.43. The monoisotopic (exact) mass is 455 g/mol. The van der Waals surface area contributed by atoms with E-state index in [0.717, 1.165) is 0 Å². The zero-order chi connectivity index (χ0) is 22.3. The molecule has 0 radical (unpaired) electrons. The summed E-state index contributed by atoms with van der Waals surface area (Å²) in [6.45, 7) is 2.08. The van der Waals surface area contributed by atoms with Gasteiger partial charge in [-0.25, -0.2) is 8.42 Å². The fourth-order valence-electron chi connectivity index (χ4n) is 2.78. The second-order valence-corrected chi connectivity index (χ2v) is 8.59. The quantitative estimate of drug-likeness (QED) is 0.413. The van der Waals surface area contributed by atoms with Crippen molar-refractivity contribution in [2.75, 3.05) is 16.2 Å². The number of hydrogen-bond donors (Lipinski definition) is 2. The van der Waals surface area contributed by atoms with Crippen molar-refractivity contribution < 1.29 is 17.6 Å². The lowest BCUT2D eigenvalue weighted by Gasteiger charge is -2.23. The molecule has 2 N–H and O–H groups in total. The number of nitrogens with zero attached hydrogens (tertiary/aromatic N) is 1. The molecule has 0 fully saturated rings. The van der Waals surface area contributed by atoms with Gasteiger partial charge in [0.25, 0.3) is 10.0 Å². The van der Waals surface area contributed by atoms with Gasteiger partial charge in [-0.3, -0.25) is 14.4 Å². The van der Waals surface area contributed by atoms with Crippen molar-refractivity contribution in [2.45, 2.75) is 11.8 Å². The maximum atomic E-state index is 13.0. The number of furan rings is 1.